The van der Waals surface area contributed by atoms with Crippen LogP contribution in [0.25, 0.3) is 55.8 Å². The largest absolute Gasteiger partial charge is 0.384 e. The van der Waals surface area contributed by atoms with Crippen molar-refractivity contribution in [2.75, 3.05) is 37.8 Å². The van der Waals surface area contributed by atoms with Crippen molar-refractivity contribution in [3.8, 4) is 33.8 Å². The molecule has 10 nitrogen and oxygen atoms in total. The summed E-state index contributed by atoms with van der Waals surface area (Å²) in [6, 6.07) is 11.4. The first-order chi connectivity index (χ1) is 21.3. The third-order valence-electron chi connectivity index (χ3n) is 7.63. The maximum atomic E-state index is 15.3. The number of carbonyl (C=O) groups is 1. The van der Waals surface area contributed by atoms with E-state index in [0.29, 0.717) is 68.2 Å². The van der Waals surface area contributed by atoms with Crippen LogP contribution in [0.1, 0.15) is 12.8 Å². The highest BCUT2D eigenvalue weighted by Crippen LogP contribution is 2.35. The maximum Gasteiger partial charge on any atom is 0.227 e. The number of rotatable bonds is 9. The summed E-state index contributed by atoms with van der Waals surface area (Å²) in [5.41, 5.74) is 5.41. The number of carbonyl (C=O) groups excluding carboxylic acids is 1. The van der Waals surface area contributed by atoms with E-state index >= 15 is 4.39 Å². The quantitative estimate of drug-likeness (QED) is 0.166. The van der Waals surface area contributed by atoms with Gasteiger partial charge in [-0.2, -0.15) is 5.10 Å². The molecule has 1 aliphatic carbocycles. The number of aromatic nitrogens is 6. The molecule has 1 amide bonds. The number of nitrogens with zero attached hydrogens (tertiary/aromatic N) is 5. The van der Waals surface area contributed by atoms with Gasteiger partial charge in [-0.3, -0.25) is 14.9 Å². The molecule has 0 bridgehead atoms. The van der Waals surface area contributed by atoms with Crippen molar-refractivity contribution < 1.29 is 13.6 Å². The monoisotopic (exact) mass is 593 g/mol. The minimum atomic E-state index is -0.463. The molecule has 0 atom stereocenters. The van der Waals surface area contributed by atoms with E-state index in [1.54, 1.807) is 36.8 Å². The van der Waals surface area contributed by atoms with E-state index in [1.165, 1.54) is 18.2 Å². The number of hydrogen-bond donors (Lipinski definition) is 4. The van der Waals surface area contributed by atoms with Crippen molar-refractivity contribution >= 4 is 39.3 Å². The SMILES string of the molecule is CN(C)CCNc1cc(F)cc(-c2ccnc3nc(-c4n[nH]c5cc(F)c(-c6cncc(NC(=O)C7CC7)c6)cc45)[nH]c23)c1. The molecule has 4 aromatic heterocycles. The minimum absolute atomic E-state index is 0.0340. The molecule has 4 N–H and O–H groups in total. The van der Waals surface area contributed by atoms with Crippen LogP contribution in [0, 0.1) is 17.6 Å². The highest BCUT2D eigenvalue weighted by atomic mass is 19.1. The summed E-state index contributed by atoms with van der Waals surface area (Å²) >= 11 is 0. The summed E-state index contributed by atoms with van der Waals surface area (Å²) in [5, 5.41) is 14.1. The van der Waals surface area contributed by atoms with Crippen LogP contribution in [0.2, 0.25) is 0 Å². The standard InChI is InChI=1S/C32H29F2N9O/c1-43(2)8-7-36-21-10-18(9-20(33)12-21)23-5-6-37-30-28(23)39-31(40-30)29-25-13-24(26(34)14-27(25)41-42-29)19-11-22(16-35-15-19)38-32(44)17-3-4-17/h5-6,9-17,36H,3-4,7-8H2,1-2H3,(H,38,44)(H,41,42)(H,37,39,40). The number of imidazole rings is 1. The number of pyridine rings is 2. The number of H-pyrrole nitrogens is 2. The van der Waals surface area contributed by atoms with Gasteiger partial charge in [0.05, 0.1) is 22.9 Å². The van der Waals surface area contributed by atoms with E-state index in [9.17, 15) is 9.18 Å². The van der Waals surface area contributed by atoms with Crippen LogP contribution in [0.15, 0.2) is 61.1 Å². The predicted octanol–water partition coefficient (Wildman–Crippen LogP) is 5.83. The summed E-state index contributed by atoms with van der Waals surface area (Å²) in [7, 11) is 3.96. The lowest BCUT2D eigenvalue weighted by molar-refractivity contribution is -0.117. The molecule has 7 rings (SSSR count). The van der Waals surface area contributed by atoms with E-state index in [4.69, 9.17) is 0 Å². The van der Waals surface area contributed by atoms with Gasteiger partial charge in [-0.15, -0.1) is 0 Å². The molecule has 0 spiro atoms. The van der Waals surface area contributed by atoms with Crippen molar-refractivity contribution in [1.29, 1.82) is 0 Å². The molecule has 2 aromatic carbocycles. The first-order valence-corrected chi connectivity index (χ1v) is 14.3. The fraction of sp³-hybridized carbons (Fsp3) is 0.219. The van der Waals surface area contributed by atoms with Gasteiger partial charge < -0.3 is 20.5 Å². The number of hydrogen-bond acceptors (Lipinski definition) is 7. The van der Waals surface area contributed by atoms with Crippen LogP contribution >= 0.6 is 0 Å². The van der Waals surface area contributed by atoms with Gasteiger partial charge >= 0.3 is 0 Å². The highest BCUT2D eigenvalue weighted by molar-refractivity contribution is 5.98. The smallest absolute Gasteiger partial charge is 0.227 e. The molecule has 0 unspecified atom stereocenters. The third-order valence-corrected chi connectivity index (χ3v) is 7.63. The summed E-state index contributed by atoms with van der Waals surface area (Å²) in [6.07, 6.45) is 6.48. The van der Waals surface area contributed by atoms with Gasteiger partial charge in [-0.05, 0) is 68.9 Å². The summed E-state index contributed by atoms with van der Waals surface area (Å²) in [5.74, 6) is -0.419. The van der Waals surface area contributed by atoms with Crippen LogP contribution in [0.3, 0.4) is 0 Å². The first-order valence-electron chi connectivity index (χ1n) is 14.3. The van der Waals surface area contributed by atoms with Crippen molar-refractivity contribution in [2.45, 2.75) is 12.8 Å². The van der Waals surface area contributed by atoms with Crippen LogP contribution in [-0.4, -0.2) is 68.1 Å². The molecule has 6 aromatic rings. The van der Waals surface area contributed by atoms with Crippen molar-refractivity contribution in [1.82, 2.24) is 35.0 Å². The molecular formula is C32H29F2N9O. The molecule has 4 heterocycles. The second kappa shape index (κ2) is 11.1. The molecule has 222 valence electrons. The van der Waals surface area contributed by atoms with Crippen molar-refractivity contribution in [3.63, 3.8) is 0 Å². The van der Waals surface area contributed by atoms with Crippen LogP contribution in [0.4, 0.5) is 20.2 Å². The molecule has 1 saturated carbocycles. The Balaban J connectivity index is 1.25. The van der Waals surface area contributed by atoms with Gasteiger partial charge in [0.15, 0.2) is 11.5 Å². The molecule has 12 heteroatoms. The second-order valence-corrected chi connectivity index (χ2v) is 11.3. The Kier molecular flexibility index (Phi) is 6.97. The van der Waals surface area contributed by atoms with Crippen molar-refractivity contribution in [2.24, 2.45) is 5.92 Å². The van der Waals surface area contributed by atoms with E-state index in [2.05, 4.69) is 40.8 Å². The van der Waals surface area contributed by atoms with Crippen molar-refractivity contribution in [3.05, 3.63) is 72.7 Å². The van der Waals surface area contributed by atoms with Gasteiger partial charge in [0, 0.05) is 65.2 Å². The summed E-state index contributed by atoms with van der Waals surface area (Å²) in [6.45, 7) is 1.47. The first kappa shape index (κ1) is 27.6. The minimum Gasteiger partial charge on any atom is -0.384 e. The van der Waals surface area contributed by atoms with Crippen LogP contribution in [-0.2, 0) is 4.79 Å². The molecule has 0 aliphatic heterocycles. The zero-order chi connectivity index (χ0) is 30.4. The summed E-state index contributed by atoms with van der Waals surface area (Å²) < 4.78 is 30.0. The van der Waals surface area contributed by atoms with E-state index in [1.807, 2.05) is 25.1 Å². The summed E-state index contributed by atoms with van der Waals surface area (Å²) in [4.78, 5) is 30.9. The topological polar surface area (TPSA) is 128 Å². The van der Waals surface area contributed by atoms with Crippen LogP contribution in [0.5, 0.6) is 0 Å². The van der Waals surface area contributed by atoms with Gasteiger partial charge in [0.2, 0.25) is 5.91 Å². The molecular weight excluding hydrogens is 564 g/mol. The van der Waals surface area contributed by atoms with E-state index < -0.39 is 5.82 Å². The average Bonchev–Trinajstić information content (AvgIpc) is 3.64. The number of aromatic amines is 2. The molecule has 0 saturated heterocycles. The zero-order valence-corrected chi connectivity index (χ0v) is 24.1. The average molecular weight is 594 g/mol. The number of fused-ring (bicyclic) bond motifs is 2. The molecule has 1 fully saturated rings. The second-order valence-electron chi connectivity index (χ2n) is 11.3. The lowest BCUT2D eigenvalue weighted by Crippen LogP contribution is -2.20. The Morgan fingerprint density at radius 1 is 1.02 bits per heavy atom. The van der Waals surface area contributed by atoms with Gasteiger partial charge in [0.25, 0.3) is 0 Å². The van der Waals surface area contributed by atoms with Gasteiger partial charge in [0.1, 0.15) is 17.3 Å². The van der Waals surface area contributed by atoms with E-state index in [0.717, 1.165) is 24.9 Å². The van der Waals surface area contributed by atoms with Gasteiger partial charge in [-0.1, -0.05) is 0 Å². The Morgan fingerprint density at radius 2 is 1.86 bits per heavy atom. The Hall–Kier alpha value is -5.23. The predicted molar refractivity (Wildman–Crippen MR) is 166 cm³/mol. The number of anilines is 2. The number of halogens is 2. The number of amides is 1. The maximum absolute atomic E-state index is 15.3. The fourth-order valence-electron chi connectivity index (χ4n) is 5.22. The Morgan fingerprint density at radius 3 is 2.68 bits per heavy atom. The Labute approximate surface area is 250 Å². The lowest BCUT2D eigenvalue weighted by atomic mass is 10.0. The molecule has 1 aliphatic rings. The fourth-order valence-corrected chi connectivity index (χ4v) is 5.22. The molecule has 44 heavy (non-hydrogen) atoms. The third kappa shape index (κ3) is 5.47. The number of benzene rings is 2. The van der Waals surface area contributed by atoms with Crippen LogP contribution < -0.4 is 10.6 Å². The highest BCUT2D eigenvalue weighted by Gasteiger charge is 2.29. The zero-order valence-electron chi connectivity index (χ0n) is 24.1. The normalized spacial score (nSPS) is 13.2. The number of nitrogens with one attached hydrogen (secondary N) is 4. The lowest BCUT2D eigenvalue weighted by Gasteiger charge is -2.13. The number of likely N-dealkylation sites (N-methyl/N-ethyl adjacent to an activating group) is 1. The van der Waals surface area contributed by atoms with E-state index in [-0.39, 0.29) is 17.6 Å². The van der Waals surface area contributed by atoms with Gasteiger partial charge in [-0.25, -0.2) is 18.7 Å². The Bertz CT molecular complexity index is 2030. The molecule has 0 radical (unpaired) electrons.